The van der Waals surface area contributed by atoms with Crippen LogP contribution in [0.25, 0.3) is 0 Å². The van der Waals surface area contributed by atoms with E-state index in [0.717, 1.165) is 0 Å². The van der Waals surface area contributed by atoms with E-state index in [0.29, 0.717) is 18.0 Å². The third kappa shape index (κ3) is 4.90. The third-order valence-corrected chi connectivity index (χ3v) is 5.53. The number of carbonyl (C=O) groups excluding carboxylic acids is 1. The molecule has 2 N–H and O–H groups in total. The molecule has 0 saturated heterocycles. The minimum atomic E-state index is -3.99. The monoisotopic (exact) mass is 426 g/mol. The van der Waals surface area contributed by atoms with Crippen molar-refractivity contribution in [3.8, 4) is 17.2 Å². The Morgan fingerprint density at radius 1 is 0.933 bits per heavy atom. The van der Waals surface area contributed by atoms with Gasteiger partial charge in [0.1, 0.15) is 11.5 Å². The van der Waals surface area contributed by atoms with Crippen LogP contribution in [-0.4, -0.2) is 28.0 Å². The number of hydrogen-bond acceptors (Lipinski definition) is 5. The maximum absolute atomic E-state index is 13.0. The molecule has 0 aliphatic heterocycles. The van der Waals surface area contributed by atoms with Gasteiger partial charge in [0.05, 0.1) is 23.3 Å². The fraction of sp³-hybridized carbons (Fsp3) is 0.136. The Morgan fingerprint density at radius 2 is 1.63 bits per heavy atom. The summed E-state index contributed by atoms with van der Waals surface area (Å²) >= 11 is 0. The maximum Gasteiger partial charge on any atom is 0.262 e. The molecule has 0 aromatic heterocycles. The smallest absolute Gasteiger partial charge is 0.262 e. The van der Waals surface area contributed by atoms with Gasteiger partial charge in [-0.1, -0.05) is 30.3 Å². The van der Waals surface area contributed by atoms with Crippen molar-refractivity contribution in [1.82, 2.24) is 5.32 Å². The number of methoxy groups -OCH3 is 1. The lowest BCUT2D eigenvalue weighted by Crippen LogP contribution is -2.24. The number of amides is 1. The Bertz CT molecular complexity index is 1130. The highest BCUT2D eigenvalue weighted by Gasteiger charge is 2.21. The van der Waals surface area contributed by atoms with E-state index in [1.165, 1.54) is 25.3 Å². The van der Waals surface area contributed by atoms with Crippen LogP contribution in [0.15, 0.2) is 77.7 Å². The second kappa shape index (κ2) is 9.32. The van der Waals surface area contributed by atoms with E-state index in [1.54, 1.807) is 43.3 Å². The first kappa shape index (κ1) is 21.2. The summed E-state index contributed by atoms with van der Waals surface area (Å²) in [6, 6.07) is 19.9. The SMILES string of the molecule is CCNC(=O)c1cc(S(=O)(=O)Nc2ccccc2Oc2ccccc2)ccc1OC. The topological polar surface area (TPSA) is 93.7 Å². The van der Waals surface area contributed by atoms with Crippen LogP contribution in [0, 0.1) is 0 Å². The van der Waals surface area contributed by atoms with Gasteiger partial charge in [-0.25, -0.2) is 8.42 Å². The average molecular weight is 426 g/mol. The van der Waals surface area contributed by atoms with Crippen LogP contribution in [0.2, 0.25) is 0 Å². The number of para-hydroxylation sites is 3. The van der Waals surface area contributed by atoms with Crippen molar-refractivity contribution in [2.24, 2.45) is 0 Å². The molecule has 0 unspecified atom stereocenters. The molecule has 7 nitrogen and oxygen atoms in total. The van der Waals surface area contributed by atoms with Crippen molar-refractivity contribution in [2.45, 2.75) is 11.8 Å². The second-order valence-electron chi connectivity index (χ2n) is 6.24. The number of anilines is 1. The van der Waals surface area contributed by atoms with E-state index < -0.39 is 15.9 Å². The summed E-state index contributed by atoms with van der Waals surface area (Å²) in [7, 11) is -2.57. The number of sulfonamides is 1. The van der Waals surface area contributed by atoms with Gasteiger partial charge in [-0.2, -0.15) is 0 Å². The molecule has 156 valence electrons. The molecule has 0 atom stereocenters. The Labute approximate surface area is 175 Å². The summed E-state index contributed by atoms with van der Waals surface area (Å²) < 4.78 is 39.5. The lowest BCUT2D eigenvalue weighted by molar-refractivity contribution is 0.0952. The second-order valence-corrected chi connectivity index (χ2v) is 7.92. The molecule has 3 rings (SSSR count). The Hall–Kier alpha value is -3.52. The number of benzene rings is 3. The molecule has 3 aromatic rings. The van der Waals surface area contributed by atoms with Crippen LogP contribution < -0.4 is 19.5 Å². The molecule has 0 spiro atoms. The Kier molecular flexibility index (Phi) is 6.58. The predicted molar refractivity (Wildman–Crippen MR) is 115 cm³/mol. The minimum Gasteiger partial charge on any atom is -0.496 e. The average Bonchev–Trinajstić information content (AvgIpc) is 2.75. The van der Waals surface area contributed by atoms with Crippen LogP contribution >= 0.6 is 0 Å². The van der Waals surface area contributed by atoms with Gasteiger partial charge in [0.25, 0.3) is 15.9 Å². The standard InChI is InChI=1S/C22H22N2O5S/c1-3-23-22(25)18-15-17(13-14-20(18)28-2)30(26,27)24-19-11-7-8-12-21(19)29-16-9-5-4-6-10-16/h4-15,24H,3H2,1-2H3,(H,23,25). The normalized spacial score (nSPS) is 10.9. The maximum atomic E-state index is 13.0. The molecule has 0 aliphatic carbocycles. The van der Waals surface area contributed by atoms with Crippen molar-refractivity contribution >= 4 is 21.6 Å². The van der Waals surface area contributed by atoms with E-state index in [1.807, 2.05) is 18.2 Å². The van der Waals surface area contributed by atoms with Crippen molar-refractivity contribution < 1.29 is 22.7 Å². The van der Waals surface area contributed by atoms with Gasteiger partial charge in [0.2, 0.25) is 0 Å². The first-order valence-corrected chi connectivity index (χ1v) is 10.7. The molecule has 0 saturated carbocycles. The molecule has 0 bridgehead atoms. The molecule has 0 fully saturated rings. The van der Waals surface area contributed by atoms with Gasteiger partial charge >= 0.3 is 0 Å². The van der Waals surface area contributed by atoms with Crippen molar-refractivity contribution in [2.75, 3.05) is 18.4 Å². The quantitative estimate of drug-likeness (QED) is 0.567. The Morgan fingerprint density at radius 3 is 2.33 bits per heavy atom. The number of rotatable bonds is 8. The molecule has 0 heterocycles. The van der Waals surface area contributed by atoms with Gasteiger partial charge in [-0.3, -0.25) is 9.52 Å². The largest absolute Gasteiger partial charge is 0.496 e. The van der Waals surface area contributed by atoms with Gasteiger partial charge < -0.3 is 14.8 Å². The molecule has 30 heavy (non-hydrogen) atoms. The zero-order valence-electron chi connectivity index (χ0n) is 16.6. The lowest BCUT2D eigenvalue weighted by Gasteiger charge is -2.15. The van der Waals surface area contributed by atoms with E-state index in [9.17, 15) is 13.2 Å². The van der Waals surface area contributed by atoms with Gasteiger partial charge in [0.15, 0.2) is 5.75 Å². The van der Waals surface area contributed by atoms with Crippen LogP contribution in [-0.2, 0) is 10.0 Å². The number of nitrogens with one attached hydrogen (secondary N) is 2. The van der Waals surface area contributed by atoms with Gasteiger partial charge in [-0.05, 0) is 49.4 Å². The summed E-state index contributed by atoms with van der Waals surface area (Å²) in [5.41, 5.74) is 0.410. The molecule has 0 radical (unpaired) electrons. The van der Waals surface area contributed by atoms with Crippen LogP contribution in [0.3, 0.4) is 0 Å². The van der Waals surface area contributed by atoms with Crippen molar-refractivity contribution in [3.63, 3.8) is 0 Å². The summed E-state index contributed by atoms with van der Waals surface area (Å²) in [5.74, 6) is 0.795. The summed E-state index contributed by atoms with van der Waals surface area (Å²) in [6.45, 7) is 2.18. The molecule has 8 heteroatoms. The highest BCUT2D eigenvalue weighted by Crippen LogP contribution is 2.31. The third-order valence-electron chi connectivity index (χ3n) is 4.17. The van der Waals surface area contributed by atoms with Crippen molar-refractivity contribution in [1.29, 1.82) is 0 Å². The Balaban J connectivity index is 1.92. The summed E-state index contributed by atoms with van der Waals surface area (Å²) in [6.07, 6.45) is 0. The highest BCUT2D eigenvalue weighted by molar-refractivity contribution is 7.92. The molecular formula is C22H22N2O5S. The summed E-state index contributed by atoms with van der Waals surface area (Å²) in [5, 5.41) is 2.65. The first-order valence-electron chi connectivity index (χ1n) is 9.25. The molecule has 1 amide bonds. The van der Waals surface area contributed by atoms with Gasteiger partial charge in [0, 0.05) is 6.54 Å². The fourth-order valence-electron chi connectivity index (χ4n) is 2.75. The van der Waals surface area contributed by atoms with E-state index in [4.69, 9.17) is 9.47 Å². The predicted octanol–water partition coefficient (Wildman–Crippen LogP) is 4.04. The fourth-order valence-corrected chi connectivity index (χ4v) is 3.84. The van der Waals surface area contributed by atoms with Crippen LogP contribution in [0.1, 0.15) is 17.3 Å². The highest BCUT2D eigenvalue weighted by atomic mass is 32.2. The molecular weight excluding hydrogens is 404 g/mol. The van der Waals surface area contributed by atoms with E-state index in [2.05, 4.69) is 10.0 Å². The molecule has 3 aromatic carbocycles. The zero-order valence-corrected chi connectivity index (χ0v) is 17.4. The van der Waals surface area contributed by atoms with Crippen LogP contribution in [0.4, 0.5) is 5.69 Å². The minimum absolute atomic E-state index is 0.0703. The van der Waals surface area contributed by atoms with Crippen molar-refractivity contribution in [3.05, 3.63) is 78.4 Å². The van der Waals surface area contributed by atoms with Crippen LogP contribution in [0.5, 0.6) is 17.2 Å². The van der Waals surface area contributed by atoms with E-state index >= 15 is 0 Å². The number of ether oxygens (including phenoxy) is 2. The summed E-state index contributed by atoms with van der Waals surface area (Å²) in [4.78, 5) is 12.2. The number of carbonyl (C=O) groups is 1. The zero-order chi connectivity index (χ0) is 21.6. The van der Waals surface area contributed by atoms with E-state index in [-0.39, 0.29) is 21.9 Å². The first-order chi connectivity index (χ1) is 14.4. The lowest BCUT2D eigenvalue weighted by atomic mass is 10.2. The van der Waals surface area contributed by atoms with Gasteiger partial charge in [-0.15, -0.1) is 0 Å². The number of hydrogen-bond donors (Lipinski definition) is 2. The molecule has 0 aliphatic rings.